The molecule has 4 rings (SSSR count). The van der Waals surface area contributed by atoms with Crippen LogP contribution in [0.25, 0.3) is 11.3 Å². The molecule has 1 aromatic carbocycles. The molecule has 0 aliphatic rings. The van der Waals surface area contributed by atoms with Gasteiger partial charge in [-0.3, -0.25) is 9.97 Å². The third-order valence-corrected chi connectivity index (χ3v) is 4.69. The Morgan fingerprint density at radius 2 is 1.79 bits per heavy atom. The van der Waals surface area contributed by atoms with E-state index in [1.165, 1.54) is 18.3 Å². The Morgan fingerprint density at radius 1 is 0.941 bits per heavy atom. The van der Waals surface area contributed by atoms with Gasteiger partial charge in [-0.15, -0.1) is 5.11 Å². The number of aryl methyl sites for hydroxylation is 1. The van der Waals surface area contributed by atoms with Gasteiger partial charge in [-0.25, -0.2) is 14.4 Å². The molecule has 0 aliphatic carbocycles. The van der Waals surface area contributed by atoms with Gasteiger partial charge in [-0.2, -0.15) is 18.3 Å². The molecular formula is C23H17F4N7. The number of rotatable bonds is 6. The fraction of sp³-hybridized carbons (Fsp3) is 0.130. The summed E-state index contributed by atoms with van der Waals surface area (Å²) in [7, 11) is 0. The highest BCUT2D eigenvalue weighted by Crippen LogP contribution is 2.31. The molecule has 172 valence electrons. The molecule has 0 unspecified atom stereocenters. The molecular weight excluding hydrogens is 450 g/mol. The van der Waals surface area contributed by atoms with E-state index >= 15 is 0 Å². The van der Waals surface area contributed by atoms with Crippen molar-refractivity contribution in [3.05, 3.63) is 89.9 Å². The number of nitrogens with one attached hydrogen (secondary N) is 1. The SMILES string of the molecule is Cc1ncccc1-c1nc(N=NCc2ccc(Nc3cccc(C(F)(F)F)c3)cn2)ncc1F. The smallest absolute Gasteiger partial charge is 0.354 e. The minimum atomic E-state index is -4.42. The summed E-state index contributed by atoms with van der Waals surface area (Å²) in [6.45, 7) is 1.85. The Bertz CT molecular complexity index is 1320. The zero-order valence-electron chi connectivity index (χ0n) is 17.8. The van der Waals surface area contributed by atoms with Crippen molar-refractivity contribution in [1.29, 1.82) is 0 Å². The summed E-state index contributed by atoms with van der Waals surface area (Å²) >= 11 is 0. The third kappa shape index (κ3) is 5.55. The maximum absolute atomic E-state index is 14.2. The van der Waals surface area contributed by atoms with Crippen molar-refractivity contribution < 1.29 is 17.6 Å². The standard InChI is InChI=1S/C23H17F4N7/c1-14-19(6-3-9-28-14)21-20(24)13-30-22(33-21)34-31-12-17-7-8-18(11-29-17)32-16-5-2-4-15(10-16)23(25,26)27/h2-11,13,32H,12H2,1H3. The molecule has 0 saturated carbocycles. The summed E-state index contributed by atoms with van der Waals surface area (Å²) in [6, 6.07) is 11.6. The molecule has 0 aliphatic heterocycles. The first-order valence-electron chi connectivity index (χ1n) is 10.0. The van der Waals surface area contributed by atoms with Gasteiger partial charge in [0.05, 0.1) is 29.3 Å². The minimum Gasteiger partial charge on any atom is -0.354 e. The molecule has 7 nitrogen and oxygen atoms in total. The summed E-state index contributed by atoms with van der Waals surface area (Å²) in [6.07, 6.45) is -0.318. The Kier molecular flexibility index (Phi) is 6.53. The number of nitrogens with zero attached hydrogens (tertiary/aromatic N) is 6. The molecule has 3 aromatic heterocycles. The fourth-order valence-corrected chi connectivity index (χ4v) is 3.03. The number of azo groups is 1. The van der Waals surface area contributed by atoms with Crippen molar-refractivity contribution in [1.82, 2.24) is 19.9 Å². The monoisotopic (exact) mass is 467 g/mol. The average Bonchev–Trinajstić information content (AvgIpc) is 2.81. The van der Waals surface area contributed by atoms with Crippen molar-refractivity contribution in [3.8, 4) is 11.3 Å². The lowest BCUT2D eigenvalue weighted by molar-refractivity contribution is -0.137. The summed E-state index contributed by atoms with van der Waals surface area (Å²) in [4.78, 5) is 16.3. The molecule has 0 bridgehead atoms. The molecule has 0 spiro atoms. The van der Waals surface area contributed by atoms with Crippen LogP contribution in [0.2, 0.25) is 0 Å². The maximum Gasteiger partial charge on any atom is 0.416 e. The summed E-state index contributed by atoms with van der Waals surface area (Å²) < 4.78 is 52.8. The number of halogens is 4. The van der Waals surface area contributed by atoms with E-state index in [1.807, 2.05) is 0 Å². The lowest BCUT2D eigenvalue weighted by Gasteiger charge is -2.10. The highest BCUT2D eigenvalue weighted by Gasteiger charge is 2.30. The first-order valence-corrected chi connectivity index (χ1v) is 10.0. The Hall–Kier alpha value is -4.28. The second-order valence-electron chi connectivity index (χ2n) is 7.14. The van der Waals surface area contributed by atoms with Gasteiger partial charge in [-0.05, 0) is 49.4 Å². The molecule has 0 saturated heterocycles. The zero-order chi connectivity index (χ0) is 24.1. The molecule has 4 aromatic rings. The van der Waals surface area contributed by atoms with E-state index in [0.29, 0.717) is 22.6 Å². The molecule has 0 amide bonds. The number of hydrogen-bond acceptors (Lipinski definition) is 7. The average molecular weight is 467 g/mol. The van der Waals surface area contributed by atoms with E-state index in [2.05, 4.69) is 35.5 Å². The van der Waals surface area contributed by atoms with Gasteiger partial charge >= 0.3 is 6.18 Å². The van der Waals surface area contributed by atoms with E-state index in [9.17, 15) is 17.6 Å². The molecule has 1 N–H and O–H groups in total. The Balaban J connectivity index is 1.42. The largest absolute Gasteiger partial charge is 0.416 e. The van der Waals surface area contributed by atoms with E-state index in [1.54, 1.807) is 37.4 Å². The van der Waals surface area contributed by atoms with Crippen LogP contribution >= 0.6 is 0 Å². The lowest BCUT2D eigenvalue weighted by atomic mass is 10.1. The highest BCUT2D eigenvalue weighted by molar-refractivity contribution is 5.62. The van der Waals surface area contributed by atoms with Crippen LogP contribution in [0.3, 0.4) is 0 Å². The quantitative estimate of drug-likeness (QED) is 0.261. The van der Waals surface area contributed by atoms with Crippen LogP contribution in [0.15, 0.2) is 77.3 Å². The van der Waals surface area contributed by atoms with Gasteiger partial charge in [0.15, 0.2) is 5.82 Å². The number of aromatic nitrogens is 4. The van der Waals surface area contributed by atoms with Crippen LogP contribution in [0.1, 0.15) is 17.0 Å². The number of pyridine rings is 2. The molecule has 3 heterocycles. The van der Waals surface area contributed by atoms with Gasteiger partial charge < -0.3 is 5.32 Å². The van der Waals surface area contributed by atoms with Gasteiger partial charge in [0, 0.05) is 23.1 Å². The normalized spacial score (nSPS) is 11.7. The van der Waals surface area contributed by atoms with Gasteiger partial charge in [0.1, 0.15) is 12.2 Å². The number of hydrogen-bond donors (Lipinski definition) is 1. The Morgan fingerprint density at radius 3 is 2.53 bits per heavy atom. The fourth-order valence-electron chi connectivity index (χ4n) is 3.03. The Labute approximate surface area is 191 Å². The minimum absolute atomic E-state index is 0.0116. The summed E-state index contributed by atoms with van der Waals surface area (Å²) in [5, 5.41) is 10.8. The van der Waals surface area contributed by atoms with E-state index < -0.39 is 17.6 Å². The van der Waals surface area contributed by atoms with Crippen LogP contribution in [-0.2, 0) is 12.7 Å². The van der Waals surface area contributed by atoms with Gasteiger partial charge in [-0.1, -0.05) is 6.07 Å². The van der Waals surface area contributed by atoms with Crippen molar-refractivity contribution in [3.63, 3.8) is 0 Å². The van der Waals surface area contributed by atoms with Crippen LogP contribution in [0, 0.1) is 12.7 Å². The molecule has 11 heteroatoms. The lowest BCUT2D eigenvalue weighted by Crippen LogP contribution is -2.05. The van der Waals surface area contributed by atoms with Crippen molar-refractivity contribution in [2.45, 2.75) is 19.6 Å². The number of alkyl halides is 3. The van der Waals surface area contributed by atoms with E-state index in [4.69, 9.17) is 0 Å². The highest BCUT2D eigenvalue weighted by atomic mass is 19.4. The molecule has 34 heavy (non-hydrogen) atoms. The zero-order valence-corrected chi connectivity index (χ0v) is 17.8. The summed E-state index contributed by atoms with van der Waals surface area (Å²) in [5.41, 5.74) is 1.85. The first-order chi connectivity index (χ1) is 16.3. The van der Waals surface area contributed by atoms with Crippen molar-refractivity contribution in [2.24, 2.45) is 10.2 Å². The van der Waals surface area contributed by atoms with E-state index in [-0.39, 0.29) is 23.9 Å². The van der Waals surface area contributed by atoms with Crippen LogP contribution in [0.4, 0.5) is 34.9 Å². The number of benzene rings is 1. The molecule has 0 atom stereocenters. The van der Waals surface area contributed by atoms with Crippen LogP contribution in [-0.4, -0.2) is 19.9 Å². The van der Waals surface area contributed by atoms with Gasteiger partial charge in [0.25, 0.3) is 5.95 Å². The number of anilines is 2. The maximum atomic E-state index is 14.2. The topological polar surface area (TPSA) is 88.3 Å². The van der Waals surface area contributed by atoms with Crippen molar-refractivity contribution >= 4 is 17.3 Å². The predicted molar refractivity (Wildman–Crippen MR) is 117 cm³/mol. The van der Waals surface area contributed by atoms with Crippen LogP contribution in [0.5, 0.6) is 0 Å². The second-order valence-corrected chi connectivity index (χ2v) is 7.14. The van der Waals surface area contributed by atoms with Gasteiger partial charge in [0.2, 0.25) is 0 Å². The first kappa shape index (κ1) is 22.9. The second kappa shape index (κ2) is 9.69. The molecule has 0 radical (unpaired) electrons. The predicted octanol–water partition coefficient (Wildman–Crippen LogP) is 6.43. The van der Waals surface area contributed by atoms with E-state index in [0.717, 1.165) is 18.3 Å². The molecule has 0 fully saturated rings. The summed E-state index contributed by atoms with van der Waals surface area (Å²) in [5.74, 6) is -0.608. The van der Waals surface area contributed by atoms with Crippen molar-refractivity contribution in [2.75, 3.05) is 5.32 Å². The third-order valence-electron chi connectivity index (χ3n) is 4.69. The van der Waals surface area contributed by atoms with Crippen LogP contribution < -0.4 is 5.32 Å².